The molecule has 1 aromatic rings. The molecule has 0 aromatic heterocycles. The lowest BCUT2D eigenvalue weighted by atomic mass is 10.1. The molecule has 0 heterocycles. The summed E-state index contributed by atoms with van der Waals surface area (Å²) in [6.07, 6.45) is 0.974. The molecule has 1 N–H and O–H groups in total. The SMILES string of the molecule is CNCCc1ccc(CF)c(Br)c1. The molecule has 0 amide bonds. The molecule has 0 bridgehead atoms. The molecular weight excluding hydrogens is 233 g/mol. The van der Waals surface area contributed by atoms with Crippen LogP contribution in [0, 0.1) is 0 Å². The number of hydrogen-bond donors (Lipinski definition) is 1. The topological polar surface area (TPSA) is 12.0 Å². The lowest BCUT2D eigenvalue weighted by Gasteiger charge is -2.04. The quantitative estimate of drug-likeness (QED) is 0.861. The van der Waals surface area contributed by atoms with Crippen LogP contribution in [0.5, 0.6) is 0 Å². The van der Waals surface area contributed by atoms with Crippen LogP contribution in [-0.4, -0.2) is 13.6 Å². The van der Waals surface area contributed by atoms with Crippen LogP contribution in [0.3, 0.4) is 0 Å². The van der Waals surface area contributed by atoms with E-state index in [1.54, 1.807) is 0 Å². The Morgan fingerprint density at radius 1 is 1.46 bits per heavy atom. The van der Waals surface area contributed by atoms with Gasteiger partial charge in [0.05, 0.1) is 0 Å². The zero-order valence-corrected chi connectivity index (χ0v) is 9.20. The van der Waals surface area contributed by atoms with Gasteiger partial charge in [0.2, 0.25) is 0 Å². The van der Waals surface area contributed by atoms with Crippen LogP contribution in [0.2, 0.25) is 0 Å². The minimum atomic E-state index is -0.410. The smallest absolute Gasteiger partial charge is 0.116 e. The van der Waals surface area contributed by atoms with Crippen molar-refractivity contribution >= 4 is 15.9 Å². The second kappa shape index (κ2) is 5.35. The van der Waals surface area contributed by atoms with E-state index < -0.39 is 6.67 Å². The highest BCUT2D eigenvalue weighted by atomic mass is 79.9. The molecule has 1 rings (SSSR count). The summed E-state index contributed by atoms with van der Waals surface area (Å²) in [6, 6.07) is 5.78. The van der Waals surface area contributed by atoms with Gasteiger partial charge in [-0.1, -0.05) is 28.1 Å². The Bertz CT molecular complexity index is 276. The molecule has 0 radical (unpaired) electrons. The van der Waals surface area contributed by atoms with Gasteiger partial charge in [-0.2, -0.15) is 0 Å². The lowest BCUT2D eigenvalue weighted by molar-refractivity contribution is 0.484. The summed E-state index contributed by atoms with van der Waals surface area (Å²) in [7, 11) is 1.92. The first kappa shape index (κ1) is 10.7. The van der Waals surface area contributed by atoms with E-state index in [0.717, 1.165) is 17.4 Å². The summed E-state index contributed by atoms with van der Waals surface area (Å²) < 4.78 is 13.2. The fourth-order valence-corrected chi connectivity index (χ4v) is 1.66. The van der Waals surface area contributed by atoms with Crippen molar-refractivity contribution in [2.24, 2.45) is 0 Å². The molecule has 0 aliphatic rings. The van der Waals surface area contributed by atoms with Crippen LogP contribution in [0.4, 0.5) is 4.39 Å². The third-order valence-corrected chi connectivity index (χ3v) is 2.66. The minimum Gasteiger partial charge on any atom is -0.319 e. The first-order valence-electron chi connectivity index (χ1n) is 4.25. The van der Waals surface area contributed by atoms with Gasteiger partial charge in [0.15, 0.2) is 0 Å². The highest BCUT2D eigenvalue weighted by Gasteiger charge is 2.00. The molecule has 3 heteroatoms. The van der Waals surface area contributed by atoms with Crippen molar-refractivity contribution in [1.29, 1.82) is 0 Å². The van der Waals surface area contributed by atoms with Gasteiger partial charge < -0.3 is 5.32 Å². The molecule has 0 unspecified atom stereocenters. The summed E-state index contributed by atoms with van der Waals surface area (Å²) in [5.41, 5.74) is 1.94. The Balaban J connectivity index is 2.71. The Hall–Kier alpha value is -0.410. The van der Waals surface area contributed by atoms with Crippen molar-refractivity contribution in [3.8, 4) is 0 Å². The predicted molar refractivity (Wildman–Crippen MR) is 56.6 cm³/mol. The predicted octanol–water partition coefficient (Wildman–Crippen LogP) is 2.68. The molecule has 1 aromatic carbocycles. The zero-order chi connectivity index (χ0) is 9.68. The molecular formula is C10H13BrFN. The highest BCUT2D eigenvalue weighted by Crippen LogP contribution is 2.19. The van der Waals surface area contributed by atoms with Crippen LogP contribution < -0.4 is 5.32 Å². The van der Waals surface area contributed by atoms with Crippen LogP contribution in [0.25, 0.3) is 0 Å². The molecule has 0 saturated carbocycles. The number of rotatable bonds is 4. The average Bonchev–Trinajstić information content (AvgIpc) is 2.15. The van der Waals surface area contributed by atoms with Crippen LogP contribution >= 0.6 is 15.9 Å². The number of benzene rings is 1. The van der Waals surface area contributed by atoms with Gasteiger partial charge in [-0.25, -0.2) is 4.39 Å². The normalized spacial score (nSPS) is 10.4. The maximum absolute atomic E-state index is 12.3. The molecule has 0 aliphatic heterocycles. The summed E-state index contributed by atoms with van der Waals surface area (Å²) in [5, 5.41) is 3.07. The van der Waals surface area contributed by atoms with Gasteiger partial charge in [-0.3, -0.25) is 0 Å². The van der Waals surface area contributed by atoms with Crippen LogP contribution in [0.1, 0.15) is 11.1 Å². The van der Waals surface area contributed by atoms with Gasteiger partial charge in [-0.15, -0.1) is 0 Å². The van der Waals surface area contributed by atoms with Crippen molar-refractivity contribution in [3.05, 3.63) is 33.8 Å². The van der Waals surface area contributed by atoms with Gasteiger partial charge in [0.1, 0.15) is 6.67 Å². The first-order valence-corrected chi connectivity index (χ1v) is 5.05. The summed E-state index contributed by atoms with van der Waals surface area (Å²) in [4.78, 5) is 0. The summed E-state index contributed by atoms with van der Waals surface area (Å²) >= 11 is 3.34. The first-order chi connectivity index (χ1) is 6.27. The van der Waals surface area contributed by atoms with E-state index in [1.165, 1.54) is 5.56 Å². The molecule has 0 fully saturated rings. The molecule has 0 atom stereocenters. The number of nitrogens with one attached hydrogen (secondary N) is 1. The van der Waals surface area contributed by atoms with Gasteiger partial charge in [0, 0.05) is 4.47 Å². The molecule has 72 valence electrons. The molecule has 0 aliphatic carbocycles. The third kappa shape index (κ3) is 3.08. The number of alkyl halides is 1. The molecule has 13 heavy (non-hydrogen) atoms. The number of hydrogen-bond acceptors (Lipinski definition) is 1. The van der Waals surface area contributed by atoms with E-state index in [4.69, 9.17) is 0 Å². The maximum Gasteiger partial charge on any atom is 0.116 e. The lowest BCUT2D eigenvalue weighted by Crippen LogP contribution is -2.10. The fraction of sp³-hybridized carbons (Fsp3) is 0.400. The number of halogens is 2. The Morgan fingerprint density at radius 3 is 2.77 bits per heavy atom. The second-order valence-corrected chi connectivity index (χ2v) is 3.77. The Morgan fingerprint density at radius 2 is 2.23 bits per heavy atom. The van der Waals surface area contributed by atoms with Gasteiger partial charge >= 0.3 is 0 Å². The second-order valence-electron chi connectivity index (χ2n) is 2.91. The summed E-state index contributed by atoms with van der Waals surface area (Å²) in [5.74, 6) is 0. The van der Waals surface area contributed by atoms with Crippen molar-refractivity contribution in [1.82, 2.24) is 5.32 Å². The maximum atomic E-state index is 12.3. The molecule has 0 saturated heterocycles. The standard InChI is InChI=1S/C10H13BrFN/c1-13-5-4-8-2-3-9(7-12)10(11)6-8/h2-3,6,13H,4-5,7H2,1H3. The third-order valence-electron chi connectivity index (χ3n) is 1.93. The molecule has 0 spiro atoms. The Kier molecular flexibility index (Phi) is 4.39. The summed E-state index contributed by atoms with van der Waals surface area (Å²) in [6.45, 7) is 0.536. The average molecular weight is 246 g/mol. The zero-order valence-electron chi connectivity index (χ0n) is 7.61. The number of likely N-dealkylation sites (N-methyl/N-ethyl adjacent to an activating group) is 1. The van der Waals surface area contributed by atoms with E-state index in [2.05, 4.69) is 21.2 Å². The van der Waals surface area contributed by atoms with Crippen molar-refractivity contribution in [2.75, 3.05) is 13.6 Å². The van der Waals surface area contributed by atoms with Crippen molar-refractivity contribution in [2.45, 2.75) is 13.1 Å². The van der Waals surface area contributed by atoms with E-state index >= 15 is 0 Å². The van der Waals surface area contributed by atoms with Crippen LogP contribution in [-0.2, 0) is 13.1 Å². The fourth-order valence-electron chi connectivity index (χ4n) is 1.12. The van der Waals surface area contributed by atoms with Gasteiger partial charge in [0.25, 0.3) is 0 Å². The van der Waals surface area contributed by atoms with E-state index in [0.29, 0.717) is 5.56 Å². The highest BCUT2D eigenvalue weighted by molar-refractivity contribution is 9.10. The van der Waals surface area contributed by atoms with Gasteiger partial charge in [-0.05, 0) is 37.2 Å². The molecule has 1 nitrogen and oxygen atoms in total. The van der Waals surface area contributed by atoms with E-state index in [-0.39, 0.29) is 0 Å². The van der Waals surface area contributed by atoms with Crippen LogP contribution in [0.15, 0.2) is 22.7 Å². The van der Waals surface area contributed by atoms with E-state index in [9.17, 15) is 4.39 Å². The minimum absolute atomic E-state index is 0.410. The van der Waals surface area contributed by atoms with Crippen molar-refractivity contribution in [3.63, 3.8) is 0 Å². The van der Waals surface area contributed by atoms with E-state index in [1.807, 2.05) is 25.2 Å². The Labute approximate surface area is 86.5 Å². The largest absolute Gasteiger partial charge is 0.319 e. The monoisotopic (exact) mass is 245 g/mol. The van der Waals surface area contributed by atoms with Crippen molar-refractivity contribution < 1.29 is 4.39 Å².